The van der Waals surface area contributed by atoms with Gasteiger partial charge in [0.05, 0.1) is 11.3 Å². The van der Waals surface area contributed by atoms with Crippen LogP contribution in [0.25, 0.3) is 22.0 Å². The first kappa shape index (κ1) is 25.0. The quantitative estimate of drug-likeness (QED) is 0.252. The molecule has 1 spiro atoms. The molecule has 1 saturated heterocycles. The fourth-order valence-corrected chi connectivity index (χ4v) is 6.10. The van der Waals surface area contributed by atoms with E-state index in [2.05, 4.69) is 32.0 Å². The zero-order chi connectivity index (χ0) is 27.1. The fraction of sp³-hybridized carbons (Fsp3) is 0.375. The Bertz CT molecular complexity index is 1580. The molecule has 0 radical (unpaired) electrons. The van der Waals surface area contributed by atoms with Gasteiger partial charge >= 0.3 is 0 Å². The number of benzene rings is 2. The van der Waals surface area contributed by atoms with Gasteiger partial charge in [-0.1, -0.05) is 24.3 Å². The summed E-state index contributed by atoms with van der Waals surface area (Å²) in [5, 5.41) is 11.9. The number of anilines is 2. The monoisotopic (exact) mass is 534 g/mol. The lowest BCUT2D eigenvalue weighted by Gasteiger charge is -2.23. The third-order valence-electron chi connectivity index (χ3n) is 8.70. The molecule has 2 saturated carbocycles. The number of nitrogens with zero attached hydrogens (tertiary/aromatic N) is 3. The van der Waals surface area contributed by atoms with Gasteiger partial charge in [-0.2, -0.15) is 0 Å². The molecule has 3 aliphatic rings. The minimum Gasteiger partial charge on any atom is -0.437 e. The lowest BCUT2D eigenvalue weighted by atomic mass is 10.0. The third kappa shape index (κ3) is 4.99. The summed E-state index contributed by atoms with van der Waals surface area (Å²) < 4.78 is 6.55. The van der Waals surface area contributed by atoms with E-state index < -0.39 is 0 Å². The molecule has 8 nitrogen and oxygen atoms in total. The van der Waals surface area contributed by atoms with E-state index in [9.17, 15) is 4.79 Å². The summed E-state index contributed by atoms with van der Waals surface area (Å²) in [6.45, 7) is 3.98. The highest BCUT2D eigenvalue weighted by molar-refractivity contribution is 6.04. The highest BCUT2D eigenvalue weighted by Crippen LogP contribution is 2.71. The minimum atomic E-state index is 0.0912. The minimum absolute atomic E-state index is 0.0912. The number of carbonyl (C=O) groups excluding carboxylic acids is 1. The smallest absolute Gasteiger partial charge is 0.228 e. The number of nitrogens with one attached hydrogen (secondary N) is 3. The number of hydrogen-bond donors (Lipinski definition) is 3. The van der Waals surface area contributed by atoms with Gasteiger partial charge in [-0.05, 0) is 86.7 Å². The number of carbonyl (C=O) groups is 1. The molecule has 0 unspecified atom stereocenters. The molecule has 1 amide bonds. The maximum Gasteiger partial charge on any atom is 0.228 e. The Morgan fingerprint density at radius 3 is 2.83 bits per heavy atom. The number of piperidine rings is 1. The number of hydrogen-bond acceptors (Lipinski definition) is 7. The molecule has 204 valence electrons. The number of aromatic nitrogens is 3. The van der Waals surface area contributed by atoms with E-state index in [0.29, 0.717) is 41.4 Å². The Balaban J connectivity index is 1.16. The molecular formula is C32H34N6O2. The Kier molecular flexibility index (Phi) is 6.35. The normalized spacial score (nSPS) is 20.7. The zero-order valence-corrected chi connectivity index (χ0v) is 22.7. The maximum absolute atomic E-state index is 12.8. The molecule has 3 fully saturated rings. The van der Waals surface area contributed by atoms with E-state index in [0.717, 1.165) is 59.2 Å². The molecule has 7 rings (SSSR count). The molecule has 1 aliphatic heterocycles. The van der Waals surface area contributed by atoms with Crippen LogP contribution in [0.3, 0.4) is 0 Å². The summed E-state index contributed by atoms with van der Waals surface area (Å²) in [6.07, 6.45) is 10.1. The Labute approximate surface area is 234 Å². The van der Waals surface area contributed by atoms with Crippen molar-refractivity contribution in [3.8, 4) is 22.9 Å². The van der Waals surface area contributed by atoms with Crippen LogP contribution in [-0.4, -0.2) is 40.0 Å². The standard InChI is InChI=1S/C32H34N6O2/c1-20-9-10-23-24(6-2-8-26(23)37-28(39)17-21-18-32(21)12-13-32)29(20)40-30-25(7-4-15-34-30)27-11-16-35-31(38-27)36-22-5-3-14-33-19-22/h2,4,6-11,15-16,21-22,33H,3,5,12-14,17-19H2,1H3,(H,37,39)(H,35,36,38)/t21-,22-/m0/s1. The molecule has 0 bridgehead atoms. The lowest BCUT2D eigenvalue weighted by Crippen LogP contribution is -2.38. The number of rotatable bonds is 8. The summed E-state index contributed by atoms with van der Waals surface area (Å²) in [6, 6.07) is 16.1. The molecule has 3 N–H and O–H groups in total. The molecule has 40 heavy (non-hydrogen) atoms. The van der Waals surface area contributed by atoms with Crippen molar-refractivity contribution < 1.29 is 9.53 Å². The van der Waals surface area contributed by atoms with Gasteiger partial charge in [-0.15, -0.1) is 0 Å². The summed E-state index contributed by atoms with van der Waals surface area (Å²) in [7, 11) is 0. The molecular weight excluding hydrogens is 500 g/mol. The highest BCUT2D eigenvalue weighted by atomic mass is 16.5. The van der Waals surface area contributed by atoms with Gasteiger partial charge in [0.15, 0.2) is 0 Å². The van der Waals surface area contributed by atoms with E-state index in [4.69, 9.17) is 9.72 Å². The number of ether oxygens (including phenoxy) is 1. The molecule has 2 aliphatic carbocycles. The van der Waals surface area contributed by atoms with Crippen LogP contribution >= 0.6 is 0 Å². The van der Waals surface area contributed by atoms with E-state index in [1.165, 1.54) is 19.3 Å². The van der Waals surface area contributed by atoms with Crippen molar-refractivity contribution in [2.75, 3.05) is 23.7 Å². The van der Waals surface area contributed by atoms with Gasteiger partial charge in [0, 0.05) is 47.9 Å². The van der Waals surface area contributed by atoms with Gasteiger partial charge in [0.2, 0.25) is 17.7 Å². The van der Waals surface area contributed by atoms with Gasteiger partial charge in [0.1, 0.15) is 5.75 Å². The predicted molar refractivity (Wildman–Crippen MR) is 157 cm³/mol. The predicted octanol–water partition coefficient (Wildman–Crippen LogP) is 6.09. The molecule has 2 atom stereocenters. The Morgan fingerprint density at radius 1 is 1.07 bits per heavy atom. The van der Waals surface area contributed by atoms with Crippen molar-refractivity contribution in [2.45, 2.75) is 51.5 Å². The van der Waals surface area contributed by atoms with Crippen LogP contribution in [0.15, 0.2) is 60.9 Å². The summed E-state index contributed by atoms with van der Waals surface area (Å²) in [5.74, 6) is 2.44. The van der Waals surface area contributed by atoms with Crippen molar-refractivity contribution in [3.05, 3.63) is 66.5 Å². The number of amides is 1. The lowest BCUT2D eigenvalue weighted by molar-refractivity contribution is -0.116. The maximum atomic E-state index is 12.8. The number of fused-ring (bicyclic) bond motifs is 1. The summed E-state index contributed by atoms with van der Waals surface area (Å²) >= 11 is 0. The molecule has 8 heteroatoms. The second-order valence-electron chi connectivity index (χ2n) is 11.5. The summed E-state index contributed by atoms with van der Waals surface area (Å²) in [5.41, 5.74) is 3.83. The van der Waals surface area contributed by atoms with Crippen LogP contribution in [0.5, 0.6) is 11.6 Å². The molecule has 4 aromatic rings. The van der Waals surface area contributed by atoms with Gasteiger partial charge in [-0.25, -0.2) is 15.0 Å². The summed E-state index contributed by atoms with van der Waals surface area (Å²) in [4.78, 5) is 26.7. The van der Waals surface area contributed by atoms with Gasteiger partial charge in [-0.3, -0.25) is 4.79 Å². The average molecular weight is 535 g/mol. The van der Waals surface area contributed by atoms with Crippen molar-refractivity contribution in [1.82, 2.24) is 20.3 Å². The largest absolute Gasteiger partial charge is 0.437 e. The second kappa shape index (κ2) is 10.2. The molecule has 2 aromatic heterocycles. The van der Waals surface area contributed by atoms with Crippen LogP contribution in [0.1, 0.15) is 44.1 Å². The molecule has 2 aromatic carbocycles. The second-order valence-corrected chi connectivity index (χ2v) is 11.5. The van der Waals surface area contributed by atoms with Crippen molar-refractivity contribution in [2.24, 2.45) is 11.3 Å². The van der Waals surface area contributed by atoms with Crippen LogP contribution in [0.2, 0.25) is 0 Å². The Morgan fingerprint density at radius 2 is 2.00 bits per heavy atom. The van der Waals surface area contributed by atoms with E-state index in [-0.39, 0.29) is 5.91 Å². The van der Waals surface area contributed by atoms with Crippen LogP contribution in [0, 0.1) is 18.3 Å². The van der Waals surface area contributed by atoms with E-state index in [1.54, 1.807) is 12.4 Å². The van der Waals surface area contributed by atoms with Gasteiger partial charge in [0.25, 0.3) is 0 Å². The SMILES string of the molecule is Cc1ccc2c(NC(=O)C[C@H]3CC34CC4)cccc2c1Oc1ncccc1-c1ccnc(N[C@H]2CCCNC2)n1. The molecule has 3 heterocycles. The third-order valence-corrected chi connectivity index (χ3v) is 8.70. The first-order valence-electron chi connectivity index (χ1n) is 14.3. The van der Waals surface area contributed by atoms with Crippen LogP contribution in [-0.2, 0) is 4.79 Å². The Hall–Kier alpha value is -4.04. The highest BCUT2D eigenvalue weighted by Gasteiger charge is 2.62. The number of pyridine rings is 1. The van der Waals surface area contributed by atoms with E-state index >= 15 is 0 Å². The zero-order valence-electron chi connectivity index (χ0n) is 22.7. The van der Waals surface area contributed by atoms with Crippen molar-refractivity contribution in [3.63, 3.8) is 0 Å². The van der Waals surface area contributed by atoms with Crippen LogP contribution in [0.4, 0.5) is 11.6 Å². The first-order valence-corrected chi connectivity index (χ1v) is 14.3. The van der Waals surface area contributed by atoms with Gasteiger partial charge < -0.3 is 20.7 Å². The van der Waals surface area contributed by atoms with E-state index in [1.807, 2.05) is 49.4 Å². The van der Waals surface area contributed by atoms with Crippen molar-refractivity contribution >= 4 is 28.3 Å². The van der Waals surface area contributed by atoms with Crippen LogP contribution < -0.4 is 20.7 Å². The fourth-order valence-electron chi connectivity index (χ4n) is 6.10. The topological polar surface area (TPSA) is 101 Å². The average Bonchev–Trinajstić information content (AvgIpc) is 3.89. The van der Waals surface area contributed by atoms with Crippen molar-refractivity contribution in [1.29, 1.82) is 0 Å². The number of aryl methyl sites for hydroxylation is 1. The first-order chi connectivity index (χ1) is 19.6.